The van der Waals surface area contributed by atoms with Gasteiger partial charge in [0.15, 0.2) is 0 Å². The molecule has 2 atom stereocenters. The monoisotopic (exact) mass is 322 g/mol. The fourth-order valence-corrected chi connectivity index (χ4v) is 2.66. The Morgan fingerprint density at radius 2 is 2.35 bits per heavy atom. The van der Waals surface area contributed by atoms with Crippen LogP contribution in [0.4, 0.5) is 0 Å². The molecule has 1 rings (SSSR count). The molecular weight excluding hydrogens is 300 g/mol. The van der Waals surface area contributed by atoms with Crippen molar-refractivity contribution in [1.29, 1.82) is 0 Å². The van der Waals surface area contributed by atoms with E-state index in [4.69, 9.17) is 4.18 Å². The first-order valence-corrected chi connectivity index (χ1v) is 7.85. The van der Waals surface area contributed by atoms with Crippen molar-refractivity contribution < 1.29 is 13.8 Å². The maximum absolute atomic E-state index is 11.9. The van der Waals surface area contributed by atoms with Crippen molar-refractivity contribution >= 4 is 41.1 Å². The number of nitrogens with one attached hydrogen (secondary N) is 4. The van der Waals surface area contributed by atoms with Crippen LogP contribution in [0, 0.1) is 0 Å². The summed E-state index contributed by atoms with van der Waals surface area (Å²) in [6, 6.07) is -0.734. The smallest absolute Gasteiger partial charge is 0.239 e. The lowest BCUT2D eigenvalue weighted by Gasteiger charge is -2.23. The summed E-state index contributed by atoms with van der Waals surface area (Å²) in [6.07, 6.45) is 0. The van der Waals surface area contributed by atoms with Gasteiger partial charge in [0.25, 0.3) is 0 Å². The molecule has 0 aliphatic carbocycles. The first-order chi connectivity index (χ1) is 9.62. The molecule has 1 heterocycles. The number of amides is 2. The third-order valence-corrected chi connectivity index (χ3v) is 3.85. The lowest BCUT2D eigenvalue weighted by atomic mass is 10.3. The number of carbonyl (C=O) groups excluding carboxylic acids is 2. The largest absolute Gasteiger partial charge is 0.358 e. The molecule has 9 heteroatoms. The zero-order chi connectivity index (χ0) is 15.0. The molecular formula is C11H22N4O3S2. The zero-order valence-corrected chi connectivity index (χ0v) is 13.4. The van der Waals surface area contributed by atoms with Gasteiger partial charge in [-0.2, -0.15) is 12.6 Å². The van der Waals surface area contributed by atoms with Gasteiger partial charge in [0.2, 0.25) is 11.8 Å². The average molecular weight is 322 g/mol. The quantitative estimate of drug-likeness (QED) is 0.247. The summed E-state index contributed by atoms with van der Waals surface area (Å²) in [5, 5.41) is 11.5. The molecule has 7 nitrogen and oxygen atoms in total. The van der Waals surface area contributed by atoms with E-state index in [1.165, 1.54) is 0 Å². The average Bonchev–Trinajstić information content (AvgIpc) is 2.49. The molecule has 1 aliphatic heterocycles. The molecule has 0 bridgehead atoms. The summed E-state index contributed by atoms with van der Waals surface area (Å²) in [7, 11) is 1.57. The van der Waals surface area contributed by atoms with Gasteiger partial charge in [0.1, 0.15) is 6.04 Å². The zero-order valence-electron chi connectivity index (χ0n) is 11.6. The van der Waals surface area contributed by atoms with Crippen molar-refractivity contribution in [3.05, 3.63) is 0 Å². The second kappa shape index (κ2) is 9.35. The van der Waals surface area contributed by atoms with Crippen molar-refractivity contribution in [1.82, 2.24) is 21.3 Å². The first-order valence-electron chi connectivity index (χ1n) is 6.41. The van der Waals surface area contributed by atoms with E-state index in [9.17, 15) is 9.59 Å². The van der Waals surface area contributed by atoms with E-state index in [2.05, 4.69) is 33.9 Å². The van der Waals surface area contributed by atoms with Crippen LogP contribution in [0.2, 0.25) is 0 Å². The molecule has 0 saturated heterocycles. The molecule has 2 amide bonds. The first kappa shape index (κ1) is 17.4. The summed E-state index contributed by atoms with van der Waals surface area (Å²) >= 11 is 4.78. The molecule has 0 fully saturated rings. The van der Waals surface area contributed by atoms with Crippen LogP contribution >= 0.6 is 24.3 Å². The highest BCUT2D eigenvalue weighted by Crippen LogP contribution is 2.03. The predicted molar refractivity (Wildman–Crippen MR) is 85.3 cm³/mol. The molecule has 0 aromatic carbocycles. The number of carbonyl (C=O) groups is 2. The number of hydrogen-bond donors (Lipinski definition) is 6. The van der Waals surface area contributed by atoms with E-state index in [0.717, 1.165) is 4.99 Å². The maximum atomic E-state index is 11.9. The lowest BCUT2D eigenvalue weighted by molar-refractivity contribution is -0.123. The number of thiol groups is 2. The highest BCUT2D eigenvalue weighted by atomic mass is 32.2. The van der Waals surface area contributed by atoms with Crippen LogP contribution in [0.5, 0.6) is 0 Å². The predicted octanol–water partition coefficient (Wildman–Crippen LogP) is -1.74. The summed E-state index contributed by atoms with van der Waals surface area (Å²) < 4.78 is 5.31. The number of rotatable bonds is 7. The van der Waals surface area contributed by atoms with Gasteiger partial charge >= 0.3 is 0 Å². The van der Waals surface area contributed by atoms with Crippen LogP contribution in [0.1, 0.15) is 6.92 Å². The standard InChI is InChI=1S/C11H22N4O3S2/c1-3-13-8(6-19)11(17)14-4-9-15-7(5-18-20-9)10(16)12-2/h7-8,13,15,19-20H,3-6H2,1-2H3,(H,12,16)(H,14,17). The highest BCUT2D eigenvalue weighted by Gasteiger charge is 2.22. The Morgan fingerprint density at radius 3 is 2.95 bits per heavy atom. The van der Waals surface area contributed by atoms with Gasteiger partial charge < -0.3 is 20.1 Å². The third kappa shape index (κ3) is 5.41. The number of hydrogen-bond acceptors (Lipinski definition) is 6. The Kier molecular flexibility index (Phi) is 8.15. The van der Waals surface area contributed by atoms with Crippen molar-refractivity contribution in [2.75, 3.05) is 32.5 Å². The van der Waals surface area contributed by atoms with Gasteiger partial charge in [-0.1, -0.05) is 18.6 Å². The highest BCUT2D eigenvalue weighted by molar-refractivity contribution is 7.94. The summed E-state index contributed by atoms with van der Waals surface area (Å²) in [6.45, 7) is 3.27. The van der Waals surface area contributed by atoms with E-state index in [0.29, 0.717) is 37.1 Å². The molecule has 1 aliphatic rings. The summed E-state index contributed by atoms with van der Waals surface area (Å²) in [5.41, 5.74) is 0. The van der Waals surface area contributed by atoms with E-state index in [1.807, 2.05) is 6.92 Å². The Labute approximate surface area is 128 Å². The molecule has 2 unspecified atom stereocenters. The number of likely N-dealkylation sites (N-methyl/N-ethyl adjacent to an activating group) is 2. The van der Waals surface area contributed by atoms with Gasteiger partial charge in [-0.25, -0.2) is 0 Å². The fourth-order valence-electron chi connectivity index (χ4n) is 1.64. The Morgan fingerprint density at radius 1 is 1.60 bits per heavy atom. The summed E-state index contributed by atoms with van der Waals surface area (Å²) in [4.78, 5) is 24.2. The second-order valence-electron chi connectivity index (χ2n) is 4.16. The van der Waals surface area contributed by atoms with Gasteiger partial charge in [-0.15, -0.1) is 0 Å². The summed E-state index contributed by atoms with van der Waals surface area (Å²) in [5.74, 6) is 0.176. The van der Waals surface area contributed by atoms with Gasteiger partial charge in [0.05, 0.1) is 24.2 Å². The molecule has 0 aromatic rings. The van der Waals surface area contributed by atoms with E-state index in [1.54, 1.807) is 7.05 Å². The van der Waals surface area contributed by atoms with Crippen molar-refractivity contribution in [2.45, 2.75) is 19.0 Å². The van der Waals surface area contributed by atoms with E-state index < -0.39 is 6.04 Å². The molecule has 0 radical (unpaired) electrons. The molecule has 116 valence electrons. The van der Waals surface area contributed by atoms with E-state index in [-0.39, 0.29) is 17.9 Å². The Bertz CT molecular complexity index is 379. The van der Waals surface area contributed by atoms with Crippen molar-refractivity contribution in [3.63, 3.8) is 0 Å². The third-order valence-electron chi connectivity index (χ3n) is 2.70. The Balaban J connectivity index is 2.43. The van der Waals surface area contributed by atoms with Gasteiger partial charge in [-0.3, -0.25) is 14.9 Å². The molecule has 4 N–H and O–H groups in total. The van der Waals surface area contributed by atoms with Crippen LogP contribution in [-0.2, 0) is 13.8 Å². The Hall–Kier alpha value is -0.610. The molecule has 0 aromatic heterocycles. The van der Waals surface area contributed by atoms with Crippen LogP contribution in [0.15, 0.2) is 0 Å². The minimum Gasteiger partial charge on any atom is -0.358 e. The SMILES string of the molecule is CCNC(CS)C(=O)NCC1=[SH]OCC(C(=O)NC)N1. The van der Waals surface area contributed by atoms with Crippen molar-refractivity contribution in [3.8, 4) is 0 Å². The minimum atomic E-state index is -0.414. The van der Waals surface area contributed by atoms with Gasteiger partial charge in [0, 0.05) is 12.8 Å². The second-order valence-corrected chi connectivity index (χ2v) is 5.50. The van der Waals surface area contributed by atoms with E-state index >= 15 is 0 Å². The maximum Gasteiger partial charge on any atom is 0.239 e. The molecule has 0 saturated carbocycles. The van der Waals surface area contributed by atoms with Crippen LogP contribution in [0.25, 0.3) is 0 Å². The van der Waals surface area contributed by atoms with Crippen molar-refractivity contribution in [2.24, 2.45) is 0 Å². The topological polar surface area (TPSA) is 91.5 Å². The molecule has 20 heavy (non-hydrogen) atoms. The lowest BCUT2D eigenvalue weighted by Crippen LogP contribution is -2.53. The van der Waals surface area contributed by atoms with Crippen LogP contribution in [0.3, 0.4) is 0 Å². The van der Waals surface area contributed by atoms with Crippen LogP contribution < -0.4 is 21.3 Å². The molecule has 0 spiro atoms. The van der Waals surface area contributed by atoms with Gasteiger partial charge in [-0.05, 0) is 6.54 Å². The normalized spacial score (nSPS) is 20.4. The minimum absolute atomic E-state index is 0.117. The fraction of sp³-hybridized carbons (Fsp3) is 0.727. The van der Waals surface area contributed by atoms with Crippen LogP contribution in [-0.4, -0.2) is 61.4 Å².